The minimum absolute atomic E-state index is 0.0314. The topological polar surface area (TPSA) is 98.1 Å². The monoisotopic (exact) mass is 583 g/mol. The molecule has 1 aromatic rings. The number of nitrogens with one attached hydrogen (secondary N) is 1. The number of fused-ring (bicyclic) bond motifs is 4. The highest BCUT2D eigenvalue weighted by molar-refractivity contribution is 5.87. The van der Waals surface area contributed by atoms with Crippen molar-refractivity contribution in [3.05, 3.63) is 29.6 Å². The van der Waals surface area contributed by atoms with E-state index in [2.05, 4.69) is 28.1 Å². The number of hydrogen-bond acceptors (Lipinski definition) is 7. The van der Waals surface area contributed by atoms with E-state index in [1.54, 1.807) is 44.9 Å². The summed E-state index contributed by atoms with van der Waals surface area (Å²) < 4.78 is 26.5. The Hall–Kier alpha value is -2.90. The molecular formula is C32H46FN5O4. The highest BCUT2D eigenvalue weighted by atomic mass is 19.1. The van der Waals surface area contributed by atoms with Crippen molar-refractivity contribution >= 4 is 17.7 Å². The second kappa shape index (κ2) is 12.4. The normalized spacial score (nSPS) is 28.5. The van der Waals surface area contributed by atoms with E-state index in [0.29, 0.717) is 23.7 Å². The summed E-state index contributed by atoms with van der Waals surface area (Å²) in [4.78, 5) is 32.8. The van der Waals surface area contributed by atoms with E-state index in [9.17, 15) is 14.9 Å². The number of nitrogens with zero attached hydrogens (tertiary/aromatic N) is 4. The van der Waals surface area contributed by atoms with Crippen LogP contribution in [0.15, 0.2) is 18.2 Å². The molecule has 3 unspecified atom stereocenters. The molecule has 1 aliphatic carbocycles. The zero-order valence-electron chi connectivity index (χ0n) is 25.6. The van der Waals surface area contributed by atoms with Crippen LogP contribution in [0.3, 0.4) is 0 Å². The van der Waals surface area contributed by atoms with Gasteiger partial charge in [-0.2, -0.15) is 5.26 Å². The smallest absolute Gasteiger partial charge is 0.411 e. The Morgan fingerprint density at radius 3 is 2.43 bits per heavy atom. The maximum Gasteiger partial charge on any atom is 0.411 e. The number of anilines is 1. The van der Waals surface area contributed by atoms with Crippen LogP contribution in [0.1, 0.15) is 71.8 Å². The van der Waals surface area contributed by atoms with Crippen molar-refractivity contribution in [1.82, 2.24) is 15.1 Å². The molecule has 3 saturated heterocycles. The summed E-state index contributed by atoms with van der Waals surface area (Å²) in [5.41, 5.74) is 0.587. The third-order valence-electron chi connectivity index (χ3n) is 9.55. The van der Waals surface area contributed by atoms with Gasteiger partial charge >= 0.3 is 6.09 Å². The van der Waals surface area contributed by atoms with Crippen molar-refractivity contribution in [1.29, 1.82) is 5.26 Å². The van der Waals surface area contributed by atoms with Gasteiger partial charge in [-0.3, -0.25) is 14.6 Å². The van der Waals surface area contributed by atoms with Crippen LogP contribution in [0.5, 0.6) is 0 Å². The quantitative estimate of drug-likeness (QED) is 0.464. The summed E-state index contributed by atoms with van der Waals surface area (Å²) >= 11 is 0. The molecule has 4 aliphatic rings. The van der Waals surface area contributed by atoms with E-state index < -0.39 is 23.8 Å². The molecule has 1 aromatic carbocycles. The molecule has 4 bridgehead atoms. The van der Waals surface area contributed by atoms with Gasteiger partial charge in [-0.15, -0.1) is 0 Å². The summed E-state index contributed by atoms with van der Waals surface area (Å²) in [6.07, 6.45) is 5.22. The second-order valence-electron chi connectivity index (χ2n) is 13.5. The molecule has 4 fully saturated rings. The third-order valence-corrected chi connectivity index (χ3v) is 9.55. The van der Waals surface area contributed by atoms with Crippen molar-refractivity contribution in [2.75, 3.05) is 31.7 Å². The Morgan fingerprint density at radius 2 is 1.83 bits per heavy atom. The fourth-order valence-corrected chi connectivity index (χ4v) is 7.70. The number of carbonyl (C=O) groups excluding carboxylic acids is 2. The van der Waals surface area contributed by atoms with Crippen LogP contribution >= 0.6 is 0 Å². The Balaban J connectivity index is 1.23. The predicted octanol–water partition coefficient (Wildman–Crippen LogP) is 4.24. The van der Waals surface area contributed by atoms with Gasteiger partial charge in [0.2, 0.25) is 5.91 Å². The van der Waals surface area contributed by atoms with Crippen LogP contribution in [0.2, 0.25) is 0 Å². The van der Waals surface area contributed by atoms with E-state index >= 15 is 4.39 Å². The number of rotatable bonds is 9. The van der Waals surface area contributed by atoms with Crippen LogP contribution in [0.4, 0.5) is 14.9 Å². The number of nitriles is 1. The first-order valence-electron chi connectivity index (χ1n) is 15.5. The van der Waals surface area contributed by atoms with Gasteiger partial charge in [-0.1, -0.05) is 13.0 Å². The molecule has 0 spiro atoms. The van der Waals surface area contributed by atoms with Gasteiger partial charge in [0, 0.05) is 56.5 Å². The molecule has 2 amide bonds. The Labute approximate surface area is 249 Å². The van der Waals surface area contributed by atoms with E-state index in [0.717, 1.165) is 63.9 Å². The highest BCUT2D eigenvalue weighted by Gasteiger charge is 2.52. The predicted molar refractivity (Wildman–Crippen MR) is 157 cm³/mol. The first-order chi connectivity index (χ1) is 20.0. The van der Waals surface area contributed by atoms with Crippen molar-refractivity contribution in [3.63, 3.8) is 0 Å². The molecule has 3 heterocycles. The maximum absolute atomic E-state index is 15.5. The van der Waals surface area contributed by atoms with Gasteiger partial charge in [0.25, 0.3) is 0 Å². The van der Waals surface area contributed by atoms with E-state index in [4.69, 9.17) is 9.47 Å². The van der Waals surface area contributed by atoms with E-state index in [1.165, 1.54) is 0 Å². The summed E-state index contributed by atoms with van der Waals surface area (Å²) in [6.45, 7) is 10.2. The molecule has 0 aromatic heterocycles. The minimum Gasteiger partial charge on any atom is -0.444 e. The van der Waals surface area contributed by atoms with Crippen LogP contribution in [0.25, 0.3) is 0 Å². The lowest BCUT2D eigenvalue weighted by Crippen LogP contribution is -2.57. The Morgan fingerprint density at radius 1 is 1.14 bits per heavy atom. The van der Waals surface area contributed by atoms with Crippen LogP contribution < -0.4 is 10.2 Å². The van der Waals surface area contributed by atoms with Crippen molar-refractivity contribution in [2.24, 2.45) is 5.92 Å². The van der Waals surface area contributed by atoms with Gasteiger partial charge in [0.15, 0.2) is 0 Å². The molecule has 230 valence electrons. The number of methoxy groups -OCH3 is 1. The number of benzene rings is 1. The molecule has 5 rings (SSSR count). The number of amides is 2. The van der Waals surface area contributed by atoms with E-state index in [1.807, 2.05) is 6.07 Å². The standard InChI is InChI=1S/C32H46FN5O4/c1-6-23(19-41-5)36-17-26-11-12-27(18-36)37(26)25-9-7-20(28(33)15-25)13-22(16-34)35-30(39)29-21-8-10-24(14-21)38(29)31(40)42-32(2,3)4/h7,9,15,21-24,26-27,29H,6,8,10-14,17-19H2,1-5H3,(H,35,39)/t21-,22-,23?,24+,26?,27?,29-/m0/s1. The molecule has 1 N–H and O–H groups in total. The number of piperazine rings is 1. The number of halogens is 1. The molecular weight excluding hydrogens is 537 g/mol. The minimum atomic E-state index is -0.913. The molecule has 1 saturated carbocycles. The summed E-state index contributed by atoms with van der Waals surface area (Å²) in [6, 6.07) is 6.85. The van der Waals surface area contributed by atoms with Crippen LogP contribution in [-0.4, -0.2) is 90.5 Å². The van der Waals surface area contributed by atoms with Crippen LogP contribution in [0, 0.1) is 23.1 Å². The number of likely N-dealkylation sites (tertiary alicyclic amines) is 2. The fraction of sp³-hybridized carbons (Fsp3) is 0.719. The summed E-state index contributed by atoms with van der Waals surface area (Å²) in [5.74, 6) is -0.703. The number of hydrogen-bond donors (Lipinski definition) is 1. The lowest BCUT2D eigenvalue weighted by molar-refractivity contribution is -0.128. The largest absolute Gasteiger partial charge is 0.444 e. The van der Waals surface area contributed by atoms with Gasteiger partial charge in [0.1, 0.15) is 23.5 Å². The number of piperidine rings is 1. The summed E-state index contributed by atoms with van der Waals surface area (Å²) in [7, 11) is 1.75. The molecule has 10 heteroatoms. The van der Waals surface area contributed by atoms with Crippen molar-refractivity contribution < 1.29 is 23.5 Å². The SMILES string of the molecule is CCC(COC)N1CC2CCC(C1)N2c1ccc(C[C@@H](C#N)NC(=O)[C@@H]2[C@H]3CC[C@H](C3)N2C(=O)OC(C)(C)C)c(F)c1. The lowest BCUT2D eigenvalue weighted by atomic mass is 9.97. The first kappa shape index (κ1) is 30.6. The first-order valence-corrected chi connectivity index (χ1v) is 15.5. The number of ether oxygens (including phenoxy) is 2. The average Bonchev–Trinajstić information content (AvgIpc) is 3.63. The Bertz CT molecular complexity index is 1180. The average molecular weight is 584 g/mol. The molecule has 42 heavy (non-hydrogen) atoms. The highest BCUT2D eigenvalue weighted by Crippen LogP contribution is 2.43. The molecule has 0 radical (unpaired) electrons. The van der Waals surface area contributed by atoms with Gasteiger partial charge in [-0.05, 0) is 82.9 Å². The maximum atomic E-state index is 15.5. The van der Waals surface area contributed by atoms with Crippen LogP contribution in [-0.2, 0) is 20.7 Å². The van der Waals surface area contributed by atoms with Crippen molar-refractivity contribution in [3.8, 4) is 6.07 Å². The van der Waals surface area contributed by atoms with Gasteiger partial charge in [-0.25, -0.2) is 9.18 Å². The lowest BCUT2D eigenvalue weighted by Gasteiger charge is -2.45. The Kier molecular flexibility index (Phi) is 9.00. The summed E-state index contributed by atoms with van der Waals surface area (Å²) in [5, 5.41) is 12.7. The molecule has 3 aliphatic heterocycles. The number of carbonyl (C=O) groups is 2. The van der Waals surface area contributed by atoms with Gasteiger partial charge in [0.05, 0.1) is 12.7 Å². The van der Waals surface area contributed by atoms with Crippen molar-refractivity contribution in [2.45, 2.75) is 114 Å². The molecule has 7 atom stereocenters. The fourth-order valence-electron chi connectivity index (χ4n) is 7.70. The van der Waals surface area contributed by atoms with Gasteiger partial charge < -0.3 is 19.7 Å². The van der Waals surface area contributed by atoms with E-state index in [-0.39, 0.29) is 30.1 Å². The second-order valence-corrected chi connectivity index (χ2v) is 13.5. The third kappa shape index (κ3) is 6.23. The molecule has 9 nitrogen and oxygen atoms in total. The zero-order valence-corrected chi connectivity index (χ0v) is 25.6. The zero-order chi connectivity index (χ0) is 30.2.